The van der Waals surface area contributed by atoms with Gasteiger partial charge in [-0.15, -0.1) is 0 Å². The molecule has 2 nitrogen and oxygen atoms in total. The average Bonchev–Trinajstić information content (AvgIpc) is 1.80. The molecule has 0 radical (unpaired) electrons. The van der Waals surface area contributed by atoms with Crippen molar-refractivity contribution in [3.63, 3.8) is 0 Å². The highest BCUT2D eigenvalue weighted by Gasteiger charge is 2.49. The second-order valence-electron chi connectivity index (χ2n) is 6.16. The van der Waals surface area contributed by atoms with Gasteiger partial charge in [0.05, 0.1) is 0 Å². The van der Waals surface area contributed by atoms with Crippen LogP contribution >= 0.6 is 0 Å². The van der Waals surface area contributed by atoms with Crippen molar-refractivity contribution in [3.05, 3.63) is 0 Å². The maximum Gasteiger partial charge on any atom is 0.0403 e. The van der Waals surface area contributed by atoms with Gasteiger partial charge in [-0.1, -0.05) is 41.5 Å². The second kappa shape index (κ2) is 3.25. The zero-order valence-electron chi connectivity index (χ0n) is 10.2. The Morgan fingerprint density at radius 2 is 1.08 bits per heavy atom. The van der Waals surface area contributed by atoms with E-state index in [2.05, 4.69) is 41.5 Å². The Morgan fingerprint density at radius 3 is 1.08 bits per heavy atom. The summed E-state index contributed by atoms with van der Waals surface area (Å²) in [4.78, 5) is 0. The van der Waals surface area contributed by atoms with E-state index >= 15 is 0 Å². The van der Waals surface area contributed by atoms with Gasteiger partial charge in [-0.05, 0) is 17.8 Å². The molecular weight excluding hydrogens is 160 g/mol. The largest absolute Gasteiger partial charge is 0.326 e. The molecule has 0 aromatic carbocycles. The molecule has 0 saturated carbocycles. The molecule has 0 heterocycles. The lowest BCUT2D eigenvalue weighted by Crippen LogP contribution is -2.69. The van der Waals surface area contributed by atoms with Gasteiger partial charge in [0.25, 0.3) is 0 Å². The van der Waals surface area contributed by atoms with Crippen LogP contribution in [-0.2, 0) is 0 Å². The molecule has 0 spiro atoms. The van der Waals surface area contributed by atoms with Crippen LogP contribution in [-0.4, -0.2) is 11.6 Å². The minimum atomic E-state index is -0.347. The van der Waals surface area contributed by atoms with Crippen LogP contribution in [0.3, 0.4) is 0 Å². The van der Waals surface area contributed by atoms with Gasteiger partial charge in [-0.2, -0.15) is 0 Å². The van der Waals surface area contributed by atoms with Gasteiger partial charge in [0.1, 0.15) is 0 Å². The molecule has 2 heteroatoms. The summed E-state index contributed by atoms with van der Waals surface area (Å²) in [6.45, 7) is 14.9. The van der Waals surface area contributed by atoms with Gasteiger partial charge < -0.3 is 11.5 Å². The fraction of sp³-hybridized carbons (Fsp3) is 1.00. The number of hydrogen-bond donors (Lipinski definition) is 2. The zero-order chi connectivity index (χ0) is 11.1. The summed E-state index contributed by atoms with van der Waals surface area (Å²) < 4.78 is 0. The lowest BCUT2D eigenvalue weighted by Gasteiger charge is -2.53. The van der Waals surface area contributed by atoms with E-state index in [1.54, 1.807) is 0 Å². The number of rotatable bonds is 1. The highest BCUT2D eigenvalue weighted by molar-refractivity contribution is 5.08. The van der Waals surface area contributed by atoms with Crippen molar-refractivity contribution in [3.8, 4) is 0 Å². The first-order valence-corrected chi connectivity index (χ1v) is 4.99. The summed E-state index contributed by atoms with van der Waals surface area (Å²) in [5.41, 5.74) is 12.2. The summed E-state index contributed by atoms with van der Waals surface area (Å²) in [5, 5.41) is 0. The molecule has 0 fully saturated rings. The lowest BCUT2D eigenvalue weighted by molar-refractivity contribution is 0.0400. The maximum absolute atomic E-state index is 6.47. The average molecular weight is 186 g/mol. The maximum atomic E-state index is 6.47. The molecule has 0 bridgehead atoms. The first-order valence-electron chi connectivity index (χ1n) is 4.99. The normalized spacial score (nSPS) is 17.3. The quantitative estimate of drug-likeness (QED) is 0.659. The van der Waals surface area contributed by atoms with E-state index in [4.69, 9.17) is 11.5 Å². The summed E-state index contributed by atoms with van der Waals surface area (Å²) in [6, 6.07) is -0.00694. The third kappa shape index (κ3) is 2.05. The Bertz CT molecular complexity index is 156. The Kier molecular flexibility index (Phi) is 3.23. The molecule has 0 aliphatic rings. The van der Waals surface area contributed by atoms with Crippen LogP contribution in [0.1, 0.15) is 48.5 Å². The summed E-state index contributed by atoms with van der Waals surface area (Å²) >= 11 is 0. The van der Waals surface area contributed by atoms with E-state index in [1.807, 2.05) is 6.92 Å². The van der Waals surface area contributed by atoms with Crippen LogP contribution in [0.15, 0.2) is 0 Å². The Morgan fingerprint density at radius 1 is 0.846 bits per heavy atom. The van der Waals surface area contributed by atoms with Crippen LogP contribution < -0.4 is 11.5 Å². The van der Waals surface area contributed by atoms with Crippen molar-refractivity contribution in [2.24, 2.45) is 22.3 Å². The number of hydrogen-bond acceptors (Lipinski definition) is 2. The van der Waals surface area contributed by atoms with E-state index < -0.39 is 0 Å². The van der Waals surface area contributed by atoms with Crippen molar-refractivity contribution in [1.29, 1.82) is 0 Å². The monoisotopic (exact) mass is 186 g/mol. The second-order valence-corrected chi connectivity index (χ2v) is 6.16. The van der Waals surface area contributed by atoms with Gasteiger partial charge in [0, 0.05) is 11.6 Å². The van der Waals surface area contributed by atoms with Crippen molar-refractivity contribution in [2.45, 2.75) is 60.0 Å². The molecule has 0 aromatic heterocycles. The van der Waals surface area contributed by atoms with Gasteiger partial charge in [0.15, 0.2) is 0 Å². The zero-order valence-corrected chi connectivity index (χ0v) is 10.2. The Hall–Kier alpha value is -0.0800. The minimum absolute atomic E-state index is 0.00694. The molecule has 0 amide bonds. The topological polar surface area (TPSA) is 52.0 Å². The van der Waals surface area contributed by atoms with Crippen molar-refractivity contribution in [2.75, 3.05) is 0 Å². The van der Waals surface area contributed by atoms with Crippen LogP contribution in [0.4, 0.5) is 0 Å². The van der Waals surface area contributed by atoms with Crippen LogP contribution in [0.2, 0.25) is 0 Å². The number of nitrogens with two attached hydrogens (primary N) is 2. The predicted molar refractivity (Wildman–Crippen MR) is 59.5 cm³/mol. The third-order valence-corrected chi connectivity index (χ3v) is 3.20. The van der Waals surface area contributed by atoms with Crippen molar-refractivity contribution in [1.82, 2.24) is 0 Å². The van der Waals surface area contributed by atoms with E-state index in [1.165, 1.54) is 0 Å². The molecule has 4 N–H and O–H groups in total. The third-order valence-electron chi connectivity index (χ3n) is 3.20. The molecule has 1 unspecified atom stereocenters. The molecule has 0 aliphatic carbocycles. The first kappa shape index (κ1) is 12.9. The molecule has 0 rings (SSSR count). The van der Waals surface area contributed by atoms with E-state index in [0.717, 1.165) is 0 Å². The highest BCUT2D eigenvalue weighted by Crippen LogP contribution is 2.43. The molecular formula is C11H26N2. The standard InChI is InChI=1S/C11H26N2/c1-8(12)11(13,9(2,3)4)10(5,6)7/h8H,12-13H2,1-7H3. The molecule has 0 aliphatic heterocycles. The van der Waals surface area contributed by atoms with Crippen LogP contribution in [0.25, 0.3) is 0 Å². The molecule has 0 aromatic rings. The van der Waals surface area contributed by atoms with Crippen LogP contribution in [0, 0.1) is 10.8 Å². The SMILES string of the molecule is CC(N)C(N)(C(C)(C)C)C(C)(C)C. The van der Waals surface area contributed by atoms with Gasteiger partial charge in [0.2, 0.25) is 0 Å². The molecule has 0 saturated heterocycles. The minimum Gasteiger partial charge on any atom is -0.326 e. The van der Waals surface area contributed by atoms with Gasteiger partial charge >= 0.3 is 0 Å². The van der Waals surface area contributed by atoms with E-state index in [9.17, 15) is 0 Å². The summed E-state index contributed by atoms with van der Waals surface area (Å²) in [6.07, 6.45) is 0. The summed E-state index contributed by atoms with van der Waals surface area (Å²) in [7, 11) is 0. The van der Waals surface area contributed by atoms with Gasteiger partial charge in [-0.25, -0.2) is 0 Å². The van der Waals surface area contributed by atoms with E-state index in [0.29, 0.717) is 0 Å². The molecule has 80 valence electrons. The van der Waals surface area contributed by atoms with Crippen molar-refractivity contribution >= 4 is 0 Å². The smallest absolute Gasteiger partial charge is 0.0403 e. The lowest BCUT2D eigenvalue weighted by atomic mass is 9.58. The first-order chi connectivity index (χ1) is 5.44. The molecule has 13 heavy (non-hydrogen) atoms. The fourth-order valence-electron chi connectivity index (χ4n) is 2.49. The molecule has 1 atom stereocenters. The van der Waals surface area contributed by atoms with Crippen LogP contribution in [0.5, 0.6) is 0 Å². The fourth-order valence-corrected chi connectivity index (χ4v) is 2.49. The van der Waals surface area contributed by atoms with Crippen molar-refractivity contribution < 1.29 is 0 Å². The predicted octanol–water partition coefficient (Wildman–Crippen LogP) is 2.12. The Balaban J connectivity index is 5.22. The Labute approximate surface area is 83.1 Å². The highest BCUT2D eigenvalue weighted by atomic mass is 14.9. The van der Waals surface area contributed by atoms with E-state index in [-0.39, 0.29) is 22.4 Å². The van der Waals surface area contributed by atoms with Gasteiger partial charge in [-0.3, -0.25) is 0 Å². The summed E-state index contributed by atoms with van der Waals surface area (Å²) in [5.74, 6) is 0.